The first-order valence-corrected chi connectivity index (χ1v) is 2.93. The Hall–Kier alpha value is -0.720. The molecule has 1 saturated heterocycles. The summed E-state index contributed by atoms with van der Waals surface area (Å²) in [5.74, 6) is 0. The van der Waals surface area contributed by atoms with Crippen molar-refractivity contribution < 1.29 is 0 Å². The zero-order valence-electron chi connectivity index (χ0n) is 5.20. The van der Waals surface area contributed by atoms with E-state index in [1.165, 1.54) is 5.57 Å². The summed E-state index contributed by atoms with van der Waals surface area (Å²) < 4.78 is 0. The van der Waals surface area contributed by atoms with E-state index in [-0.39, 0.29) is 0 Å². The molecule has 1 fully saturated rings. The van der Waals surface area contributed by atoms with Crippen molar-refractivity contribution in [2.45, 2.75) is 13.3 Å². The number of rotatable bonds is 0. The van der Waals surface area contributed by atoms with Crippen LogP contribution in [0.25, 0.3) is 0 Å². The summed E-state index contributed by atoms with van der Waals surface area (Å²) in [5.41, 5.74) is 2.47. The third-order valence-corrected chi connectivity index (χ3v) is 1.47. The predicted molar refractivity (Wildman–Crippen MR) is 35.5 cm³/mol. The third kappa shape index (κ3) is 0.760. The standard InChI is InChI=1S/C7H11N/c1-3-7-4-5-8-6(7)2/h3,8H,2,4-5H2,1H3/b7-3-. The molecular formula is C7H11N. The lowest BCUT2D eigenvalue weighted by molar-refractivity contribution is 0.917. The Kier molecular flexibility index (Phi) is 1.38. The van der Waals surface area contributed by atoms with Crippen molar-refractivity contribution in [3.8, 4) is 0 Å². The average molecular weight is 109 g/mol. The minimum absolute atomic E-state index is 1.07. The molecule has 0 spiro atoms. The van der Waals surface area contributed by atoms with Gasteiger partial charge in [0.25, 0.3) is 0 Å². The Bertz CT molecular complexity index is 133. The van der Waals surface area contributed by atoms with Gasteiger partial charge in [-0.3, -0.25) is 0 Å². The zero-order valence-corrected chi connectivity index (χ0v) is 5.20. The Morgan fingerprint density at radius 3 is 2.75 bits per heavy atom. The molecular weight excluding hydrogens is 98.1 g/mol. The number of hydrogen-bond donors (Lipinski definition) is 1. The van der Waals surface area contributed by atoms with E-state index < -0.39 is 0 Å². The van der Waals surface area contributed by atoms with Crippen LogP contribution in [0.1, 0.15) is 13.3 Å². The van der Waals surface area contributed by atoms with Crippen molar-refractivity contribution in [2.24, 2.45) is 0 Å². The van der Waals surface area contributed by atoms with E-state index in [0.29, 0.717) is 0 Å². The van der Waals surface area contributed by atoms with Gasteiger partial charge in [0.1, 0.15) is 0 Å². The summed E-state index contributed by atoms with van der Waals surface area (Å²) >= 11 is 0. The van der Waals surface area contributed by atoms with Crippen LogP contribution in [0.3, 0.4) is 0 Å². The van der Waals surface area contributed by atoms with E-state index >= 15 is 0 Å². The molecule has 1 heterocycles. The van der Waals surface area contributed by atoms with Crippen molar-refractivity contribution >= 4 is 0 Å². The average Bonchev–Trinajstić information content (AvgIpc) is 2.14. The molecule has 8 heavy (non-hydrogen) atoms. The topological polar surface area (TPSA) is 12.0 Å². The molecule has 0 aromatic rings. The van der Waals surface area contributed by atoms with E-state index in [4.69, 9.17) is 0 Å². The van der Waals surface area contributed by atoms with E-state index in [1.807, 2.05) is 6.92 Å². The van der Waals surface area contributed by atoms with Gasteiger partial charge in [0.15, 0.2) is 0 Å². The molecule has 0 aromatic heterocycles. The first-order chi connectivity index (χ1) is 3.84. The van der Waals surface area contributed by atoms with Crippen LogP contribution >= 0.6 is 0 Å². The van der Waals surface area contributed by atoms with Crippen LogP contribution in [0.15, 0.2) is 23.9 Å². The van der Waals surface area contributed by atoms with Gasteiger partial charge in [-0.1, -0.05) is 12.7 Å². The van der Waals surface area contributed by atoms with Gasteiger partial charge in [0.2, 0.25) is 0 Å². The number of hydrogen-bond acceptors (Lipinski definition) is 1. The van der Waals surface area contributed by atoms with Crippen molar-refractivity contribution in [3.63, 3.8) is 0 Å². The lowest BCUT2D eigenvalue weighted by atomic mass is 10.2. The van der Waals surface area contributed by atoms with E-state index in [1.54, 1.807) is 0 Å². The Labute approximate surface area is 50.1 Å². The summed E-state index contributed by atoms with van der Waals surface area (Å²) in [5, 5.41) is 3.16. The maximum atomic E-state index is 3.83. The highest BCUT2D eigenvalue weighted by Gasteiger charge is 2.06. The van der Waals surface area contributed by atoms with Gasteiger partial charge in [0, 0.05) is 12.2 Å². The van der Waals surface area contributed by atoms with Gasteiger partial charge < -0.3 is 5.32 Å². The van der Waals surface area contributed by atoms with Crippen molar-refractivity contribution in [3.05, 3.63) is 23.9 Å². The molecule has 0 saturated carbocycles. The third-order valence-electron chi connectivity index (χ3n) is 1.47. The summed E-state index contributed by atoms with van der Waals surface area (Å²) in [6.07, 6.45) is 3.26. The summed E-state index contributed by atoms with van der Waals surface area (Å²) in [7, 11) is 0. The molecule has 0 bridgehead atoms. The second-order valence-electron chi connectivity index (χ2n) is 1.97. The van der Waals surface area contributed by atoms with Crippen LogP contribution in [-0.4, -0.2) is 6.54 Å². The van der Waals surface area contributed by atoms with Crippen molar-refractivity contribution in [2.75, 3.05) is 6.54 Å². The summed E-state index contributed by atoms with van der Waals surface area (Å²) in [6, 6.07) is 0. The number of allylic oxidation sites excluding steroid dienone is 2. The minimum atomic E-state index is 1.07. The second-order valence-corrected chi connectivity index (χ2v) is 1.97. The second kappa shape index (κ2) is 2.03. The summed E-state index contributed by atoms with van der Waals surface area (Å²) in [4.78, 5) is 0. The van der Waals surface area contributed by atoms with Gasteiger partial charge in [-0.25, -0.2) is 0 Å². The molecule has 1 aliphatic heterocycles. The van der Waals surface area contributed by atoms with Crippen LogP contribution < -0.4 is 5.32 Å². The van der Waals surface area contributed by atoms with Crippen LogP contribution in [-0.2, 0) is 0 Å². The molecule has 1 N–H and O–H groups in total. The van der Waals surface area contributed by atoms with E-state index in [0.717, 1.165) is 18.7 Å². The zero-order chi connectivity index (χ0) is 5.98. The molecule has 0 aromatic carbocycles. The van der Waals surface area contributed by atoms with Crippen LogP contribution in [0.2, 0.25) is 0 Å². The molecule has 1 rings (SSSR count). The fourth-order valence-corrected chi connectivity index (χ4v) is 0.931. The highest BCUT2D eigenvalue weighted by molar-refractivity contribution is 5.30. The predicted octanol–water partition coefficient (Wildman–Crippen LogP) is 1.44. The van der Waals surface area contributed by atoms with Crippen molar-refractivity contribution in [1.29, 1.82) is 0 Å². The number of nitrogens with one attached hydrogen (secondary N) is 1. The maximum Gasteiger partial charge on any atom is 0.0297 e. The first kappa shape index (κ1) is 5.42. The highest BCUT2D eigenvalue weighted by Crippen LogP contribution is 2.14. The van der Waals surface area contributed by atoms with Gasteiger partial charge >= 0.3 is 0 Å². The van der Waals surface area contributed by atoms with E-state index in [2.05, 4.69) is 18.0 Å². The van der Waals surface area contributed by atoms with E-state index in [9.17, 15) is 0 Å². The van der Waals surface area contributed by atoms with Crippen LogP contribution in [0.5, 0.6) is 0 Å². The monoisotopic (exact) mass is 109 g/mol. The smallest absolute Gasteiger partial charge is 0.0297 e. The molecule has 1 aliphatic rings. The molecule has 0 radical (unpaired) electrons. The summed E-state index contributed by atoms with van der Waals surface area (Å²) in [6.45, 7) is 6.94. The largest absolute Gasteiger partial charge is 0.385 e. The van der Waals surface area contributed by atoms with Crippen LogP contribution in [0, 0.1) is 0 Å². The minimum Gasteiger partial charge on any atom is -0.385 e. The highest BCUT2D eigenvalue weighted by atomic mass is 14.9. The maximum absolute atomic E-state index is 3.83. The lowest BCUT2D eigenvalue weighted by Gasteiger charge is -1.92. The molecule has 1 heteroatoms. The fourth-order valence-electron chi connectivity index (χ4n) is 0.931. The van der Waals surface area contributed by atoms with Gasteiger partial charge in [0.05, 0.1) is 0 Å². The lowest BCUT2D eigenvalue weighted by Crippen LogP contribution is -2.01. The molecule has 44 valence electrons. The Balaban J connectivity index is 2.69. The molecule has 0 atom stereocenters. The van der Waals surface area contributed by atoms with Crippen LogP contribution in [0.4, 0.5) is 0 Å². The van der Waals surface area contributed by atoms with Crippen molar-refractivity contribution in [1.82, 2.24) is 5.32 Å². The van der Waals surface area contributed by atoms with Gasteiger partial charge in [-0.15, -0.1) is 0 Å². The van der Waals surface area contributed by atoms with Gasteiger partial charge in [-0.2, -0.15) is 0 Å². The van der Waals surface area contributed by atoms with Gasteiger partial charge in [-0.05, 0) is 18.9 Å². The molecule has 1 nitrogen and oxygen atoms in total. The first-order valence-electron chi connectivity index (χ1n) is 2.93. The molecule has 0 aliphatic carbocycles. The quantitative estimate of drug-likeness (QED) is 0.496. The molecule has 0 amide bonds. The SMILES string of the molecule is C=C1NCC/C1=C/C. The Morgan fingerprint density at radius 2 is 2.50 bits per heavy atom. The molecule has 0 unspecified atom stereocenters. The fraction of sp³-hybridized carbons (Fsp3) is 0.429. The Morgan fingerprint density at radius 1 is 1.75 bits per heavy atom. The normalized spacial score (nSPS) is 24.1.